The van der Waals surface area contributed by atoms with E-state index in [2.05, 4.69) is 25.0 Å². The Kier molecular flexibility index (Phi) is 5.10. The zero-order valence-electron chi connectivity index (χ0n) is 17.9. The Morgan fingerprint density at radius 3 is 2.67 bits per heavy atom. The molecule has 0 N–H and O–H groups in total. The van der Waals surface area contributed by atoms with Crippen LogP contribution < -0.4 is 4.74 Å². The van der Waals surface area contributed by atoms with Crippen LogP contribution in [0.2, 0.25) is 0 Å². The number of nitrogens with zero attached hydrogens (tertiary/aromatic N) is 7. The molecule has 1 atom stereocenters. The summed E-state index contributed by atoms with van der Waals surface area (Å²) in [6, 6.07) is 5.64. The highest BCUT2D eigenvalue weighted by Gasteiger charge is 2.37. The van der Waals surface area contributed by atoms with Crippen molar-refractivity contribution in [1.29, 1.82) is 0 Å². The molecule has 1 aromatic carbocycles. The van der Waals surface area contributed by atoms with Crippen LogP contribution in [0.5, 0.6) is 5.88 Å². The molecule has 4 aromatic rings. The van der Waals surface area contributed by atoms with Crippen LogP contribution in [0.4, 0.5) is 13.2 Å². The number of ether oxygens (including phenoxy) is 1. The molecule has 0 spiro atoms. The Hall–Kier alpha value is -3.76. The first-order valence-corrected chi connectivity index (χ1v) is 10.4. The number of alkyl halides is 3. The average Bonchev–Trinajstić information content (AvgIpc) is 3.44. The van der Waals surface area contributed by atoms with Gasteiger partial charge in [-0.25, -0.2) is 24.6 Å². The Balaban J connectivity index is 1.55. The predicted molar refractivity (Wildman–Crippen MR) is 112 cm³/mol. The number of fused-ring (bicyclic) bond motifs is 1. The van der Waals surface area contributed by atoms with Crippen LogP contribution in [0, 0.1) is 6.92 Å². The van der Waals surface area contributed by atoms with Crippen LogP contribution in [0.15, 0.2) is 43.0 Å². The largest absolute Gasteiger partial charge is 0.478 e. The topological polar surface area (TPSA) is 83.5 Å². The fourth-order valence-corrected chi connectivity index (χ4v) is 4.14. The van der Waals surface area contributed by atoms with Crippen LogP contribution in [-0.4, -0.2) is 41.4 Å². The second-order valence-electron chi connectivity index (χ2n) is 7.81. The monoisotopic (exact) mass is 455 g/mol. The average molecular weight is 455 g/mol. The van der Waals surface area contributed by atoms with Gasteiger partial charge in [0.25, 0.3) is 5.88 Å². The molecule has 0 bridgehead atoms. The van der Waals surface area contributed by atoms with Gasteiger partial charge in [-0.05, 0) is 31.4 Å². The van der Waals surface area contributed by atoms with Crippen molar-refractivity contribution in [2.75, 3.05) is 7.11 Å². The van der Waals surface area contributed by atoms with E-state index in [1.807, 2.05) is 6.92 Å². The fraction of sp³-hybridized carbons (Fsp3) is 0.318. The standard InChI is InChI=1S/C22H20F3N7O/c1-13-11-31(12-27-13)20-21(33-2)28-17(10-26-20)18-29-19-15(7-5-9-32(19)30-18)14-6-3-4-8-16(14)22(23,24)25/h3-4,6,8,10-12,15H,5,7,9H2,1-2H3/t15-/m0/s1. The number of aromatic nitrogens is 7. The molecule has 0 radical (unpaired) electrons. The number of rotatable bonds is 4. The fourth-order valence-electron chi connectivity index (χ4n) is 4.14. The van der Waals surface area contributed by atoms with Gasteiger partial charge in [0.15, 0.2) is 0 Å². The Bertz CT molecular complexity index is 1310. The van der Waals surface area contributed by atoms with Crippen molar-refractivity contribution >= 4 is 0 Å². The zero-order valence-corrected chi connectivity index (χ0v) is 17.9. The molecule has 0 unspecified atom stereocenters. The molecule has 170 valence electrons. The number of benzene rings is 1. The lowest BCUT2D eigenvalue weighted by Gasteiger charge is -2.25. The summed E-state index contributed by atoms with van der Waals surface area (Å²) in [6.45, 7) is 2.43. The van der Waals surface area contributed by atoms with E-state index in [4.69, 9.17) is 4.74 Å². The molecule has 33 heavy (non-hydrogen) atoms. The van der Waals surface area contributed by atoms with Gasteiger partial charge < -0.3 is 4.74 Å². The van der Waals surface area contributed by atoms with Gasteiger partial charge in [-0.15, -0.1) is 5.10 Å². The maximum atomic E-state index is 13.6. The summed E-state index contributed by atoms with van der Waals surface area (Å²) in [5, 5.41) is 4.52. The van der Waals surface area contributed by atoms with E-state index in [1.165, 1.54) is 25.4 Å². The highest BCUT2D eigenvalue weighted by molar-refractivity contribution is 5.52. The number of halogens is 3. The third kappa shape index (κ3) is 3.83. The third-order valence-corrected chi connectivity index (χ3v) is 5.62. The van der Waals surface area contributed by atoms with E-state index in [0.717, 1.165) is 11.8 Å². The second-order valence-corrected chi connectivity index (χ2v) is 7.81. The molecule has 11 heteroatoms. The SMILES string of the molecule is COc1nc(-c2nc3n(n2)CCC[C@H]3c2ccccc2C(F)(F)F)cnc1-n1cnc(C)c1. The van der Waals surface area contributed by atoms with Gasteiger partial charge in [0.1, 0.15) is 17.8 Å². The number of hydrogen-bond acceptors (Lipinski definition) is 6. The maximum absolute atomic E-state index is 13.6. The molecule has 3 aromatic heterocycles. The molecule has 0 saturated heterocycles. The van der Waals surface area contributed by atoms with Crippen LogP contribution >= 0.6 is 0 Å². The van der Waals surface area contributed by atoms with Crippen LogP contribution in [0.3, 0.4) is 0 Å². The summed E-state index contributed by atoms with van der Waals surface area (Å²) in [6.07, 6.45) is 1.73. The summed E-state index contributed by atoms with van der Waals surface area (Å²) < 4.78 is 49.7. The normalized spacial score (nSPS) is 16.0. The van der Waals surface area contributed by atoms with Crippen molar-refractivity contribution in [3.8, 4) is 23.2 Å². The predicted octanol–water partition coefficient (Wildman–Crippen LogP) is 4.18. The van der Waals surface area contributed by atoms with Crippen molar-refractivity contribution in [1.82, 2.24) is 34.3 Å². The minimum Gasteiger partial charge on any atom is -0.478 e. The van der Waals surface area contributed by atoms with Crippen molar-refractivity contribution in [2.24, 2.45) is 0 Å². The van der Waals surface area contributed by atoms with Crippen LogP contribution in [0.25, 0.3) is 17.3 Å². The molecule has 0 fully saturated rings. The van der Waals surface area contributed by atoms with E-state index < -0.39 is 17.7 Å². The first-order valence-electron chi connectivity index (χ1n) is 10.4. The van der Waals surface area contributed by atoms with Gasteiger partial charge in [-0.3, -0.25) is 4.57 Å². The van der Waals surface area contributed by atoms with Gasteiger partial charge in [0.05, 0.1) is 24.6 Å². The lowest BCUT2D eigenvalue weighted by atomic mass is 9.88. The molecular formula is C22H20F3N7O. The van der Waals surface area contributed by atoms with Crippen molar-refractivity contribution in [2.45, 2.75) is 38.4 Å². The van der Waals surface area contributed by atoms with Crippen molar-refractivity contribution in [3.05, 3.63) is 65.6 Å². The van der Waals surface area contributed by atoms with E-state index in [1.54, 1.807) is 27.8 Å². The van der Waals surface area contributed by atoms with Gasteiger partial charge in [0.2, 0.25) is 11.6 Å². The van der Waals surface area contributed by atoms with E-state index >= 15 is 0 Å². The molecule has 1 aliphatic rings. The second kappa shape index (κ2) is 7.98. The molecule has 0 saturated carbocycles. The van der Waals surface area contributed by atoms with Crippen LogP contribution in [0.1, 0.15) is 41.4 Å². The van der Waals surface area contributed by atoms with Gasteiger partial charge in [0, 0.05) is 18.7 Å². The lowest BCUT2D eigenvalue weighted by molar-refractivity contribution is -0.138. The van der Waals surface area contributed by atoms with Gasteiger partial charge in [-0.2, -0.15) is 13.2 Å². The quantitative estimate of drug-likeness (QED) is 0.459. The number of aryl methyl sites for hydroxylation is 2. The molecular weight excluding hydrogens is 435 g/mol. The van der Waals surface area contributed by atoms with Gasteiger partial charge in [-0.1, -0.05) is 18.2 Å². The van der Waals surface area contributed by atoms with Gasteiger partial charge >= 0.3 is 6.18 Å². The molecule has 1 aliphatic heterocycles. The van der Waals surface area contributed by atoms with E-state index in [-0.39, 0.29) is 11.4 Å². The molecule has 8 nitrogen and oxygen atoms in total. The maximum Gasteiger partial charge on any atom is 0.416 e. The Morgan fingerprint density at radius 2 is 1.94 bits per heavy atom. The lowest BCUT2D eigenvalue weighted by Crippen LogP contribution is -2.21. The highest BCUT2D eigenvalue weighted by atomic mass is 19.4. The summed E-state index contributed by atoms with van der Waals surface area (Å²) in [5.41, 5.74) is 0.752. The smallest absolute Gasteiger partial charge is 0.416 e. The van der Waals surface area contributed by atoms with Crippen molar-refractivity contribution < 1.29 is 17.9 Å². The molecule has 5 rings (SSSR count). The first kappa shape index (κ1) is 21.1. The molecule has 0 aliphatic carbocycles. The summed E-state index contributed by atoms with van der Waals surface area (Å²) in [7, 11) is 1.48. The Morgan fingerprint density at radius 1 is 1.12 bits per heavy atom. The van der Waals surface area contributed by atoms with Crippen LogP contribution in [-0.2, 0) is 12.7 Å². The van der Waals surface area contributed by atoms with E-state index in [9.17, 15) is 13.2 Å². The Labute approximate surface area is 187 Å². The summed E-state index contributed by atoms with van der Waals surface area (Å²) in [4.78, 5) is 17.7. The zero-order chi connectivity index (χ0) is 23.2. The first-order chi connectivity index (χ1) is 15.8. The molecule has 4 heterocycles. The number of methoxy groups -OCH3 is 1. The molecule has 0 amide bonds. The van der Waals surface area contributed by atoms with Crippen molar-refractivity contribution in [3.63, 3.8) is 0 Å². The van der Waals surface area contributed by atoms with E-state index in [0.29, 0.717) is 42.5 Å². The third-order valence-electron chi connectivity index (χ3n) is 5.62. The minimum atomic E-state index is -4.44. The highest BCUT2D eigenvalue weighted by Crippen LogP contribution is 2.40. The minimum absolute atomic E-state index is 0.208. The summed E-state index contributed by atoms with van der Waals surface area (Å²) in [5.74, 6) is 0.990. The number of hydrogen-bond donors (Lipinski definition) is 0. The number of imidazole rings is 1. The summed E-state index contributed by atoms with van der Waals surface area (Å²) >= 11 is 0.